The van der Waals surface area contributed by atoms with E-state index in [1.165, 1.54) is 17.3 Å². The summed E-state index contributed by atoms with van der Waals surface area (Å²) in [7, 11) is 0. The number of carbonyl (C=O) groups is 1. The Balaban J connectivity index is 1.34. The lowest BCUT2D eigenvalue weighted by molar-refractivity contribution is -0.113. The van der Waals surface area contributed by atoms with Crippen LogP contribution in [0.1, 0.15) is 17.0 Å². The third kappa shape index (κ3) is 4.51. The minimum atomic E-state index is -0.124. The molecule has 3 aromatic heterocycles. The van der Waals surface area contributed by atoms with Crippen LogP contribution in [0.15, 0.2) is 78.0 Å². The van der Waals surface area contributed by atoms with Crippen molar-refractivity contribution in [3.8, 4) is 11.3 Å². The highest BCUT2D eigenvalue weighted by molar-refractivity contribution is 7.99. The van der Waals surface area contributed by atoms with E-state index in [4.69, 9.17) is 10.1 Å². The molecule has 6 rings (SSSR count). The summed E-state index contributed by atoms with van der Waals surface area (Å²) in [5.41, 5.74) is 8.06. The van der Waals surface area contributed by atoms with Crippen LogP contribution in [0.2, 0.25) is 0 Å². The second kappa shape index (κ2) is 9.29. The number of hydrogen-bond acceptors (Lipinski definition) is 6. The van der Waals surface area contributed by atoms with Crippen LogP contribution in [-0.4, -0.2) is 36.2 Å². The van der Waals surface area contributed by atoms with Gasteiger partial charge in [-0.3, -0.25) is 4.79 Å². The smallest absolute Gasteiger partial charge is 0.234 e. The molecule has 0 atom stereocenters. The summed E-state index contributed by atoms with van der Waals surface area (Å²) in [6.45, 7) is 5.92. The molecule has 0 aliphatic carbocycles. The molecule has 3 aromatic carbocycles. The van der Waals surface area contributed by atoms with Crippen molar-refractivity contribution in [2.24, 2.45) is 0 Å². The predicted octanol–water partition coefficient (Wildman–Crippen LogP) is 6.15. The molecule has 1 amide bonds. The number of imidazole rings is 1. The summed E-state index contributed by atoms with van der Waals surface area (Å²) >= 11 is 1.32. The van der Waals surface area contributed by atoms with Crippen molar-refractivity contribution in [1.29, 1.82) is 0 Å². The van der Waals surface area contributed by atoms with E-state index in [0.717, 1.165) is 50.1 Å². The van der Waals surface area contributed by atoms with Gasteiger partial charge in [0.25, 0.3) is 0 Å². The van der Waals surface area contributed by atoms with Gasteiger partial charge in [-0.1, -0.05) is 65.9 Å². The number of rotatable bonds is 5. The largest absolute Gasteiger partial charge is 0.325 e. The van der Waals surface area contributed by atoms with Crippen LogP contribution >= 0.6 is 11.8 Å². The SMILES string of the molecule is Cc1ccc(-c2nn3c4ccc(NC(=O)CSc5nc(C)cc(C)n5)cc4nc3c3ccccc23)cc1. The molecular formula is C29H24N6OS. The van der Waals surface area contributed by atoms with Gasteiger partial charge >= 0.3 is 0 Å². The Morgan fingerprint density at radius 3 is 2.35 bits per heavy atom. The number of carbonyl (C=O) groups excluding carboxylic acids is 1. The van der Waals surface area contributed by atoms with Crippen LogP contribution in [0.3, 0.4) is 0 Å². The van der Waals surface area contributed by atoms with Crippen LogP contribution < -0.4 is 5.32 Å². The fourth-order valence-corrected chi connectivity index (χ4v) is 5.22. The zero-order valence-corrected chi connectivity index (χ0v) is 21.5. The monoisotopic (exact) mass is 504 g/mol. The highest BCUT2D eigenvalue weighted by atomic mass is 32.2. The van der Waals surface area contributed by atoms with E-state index < -0.39 is 0 Å². The van der Waals surface area contributed by atoms with Crippen molar-refractivity contribution in [1.82, 2.24) is 24.6 Å². The lowest BCUT2D eigenvalue weighted by atomic mass is 10.0. The van der Waals surface area contributed by atoms with Gasteiger partial charge in [0.15, 0.2) is 10.8 Å². The predicted molar refractivity (Wildman–Crippen MR) is 149 cm³/mol. The number of anilines is 1. The first-order valence-corrected chi connectivity index (χ1v) is 13.0. The second-order valence-corrected chi connectivity index (χ2v) is 10.0. The van der Waals surface area contributed by atoms with Gasteiger partial charge in [-0.05, 0) is 45.0 Å². The highest BCUT2D eigenvalue weighted by Gasteiger charge is 2.15. The lowest BCUT2D eigenvalue weighted by Crippen LogP contribution is -2.14. The molecule has 0 saturated heterocycles. The maximum atomic E-state index is 12.6. The quantitative estimate of drug-likeness (QED) is 0.224. The Bertz CT molecular complexity index is 1790. The molecule has 8 heteroatoms. The van der Waals surface area contributed by atoms with Gasteiger partial charge in [0.1, 0.15) is 0 Å². The molecule has 0 bridgehead atoms. The second-order valence-electron chi connectivity index (χ2n) is 9.08. The summed E-state index contributed by atoms with van der Waals surface area (Å²) < 4.78 is 1.89. The van der Waals surface area contributed by atoms with Crippen molar-refractivity contribution in [3.05, 3.63) is 89.7 Å². The summed E-state index contributed by atoms with van der Waals surface area (Å²) in [6.07, 6.45) is 0. The van der Waals surface area contributed by atoms with E-state index in [1.54, 1.807) is 0 Å². The zero-order chi connectivity index (χ0) is 25.5. The molecular weight excluding hydrogens is 480 g/mol. The standard InChI is InChI=1S/C29H24N6OS/c1-17-8-10-20(11-9-17)27-22-6-4-5-7-23(22)28-33-24-15-21(12-13-25(24)35(28)34-27)32-26(36)16-37-29-30-18(2)14-19(3)31-29/h4-15H,16H2,1-3H3,(H,32,36). The number of nitrogens with zero attached hydrogens (tertiary/aromatic N) is 5. The molecule has 182 valence electrons. The third-order valence-electron chi connectivity index (χ3n) is 6.16. The van der Waals surface area contributed by atoms with E-state index >= 15 is 0 Å². The molecule has 1 N–H and O–H groups in total. The number of aromatic nitrogens is 5. The molecule has 0 aliphatic rings. The fraction of sp³-hybridized carbons (Fsp3) is 0.138. The summed E-state index contributed by atoms with van der Waals surface area (Å²) in [6, 6.07) is 24.2. The van der Waals surface area contributed by atoms with Crippen LogP contribution in [0.25, 0.3) is 38.7 Å². The first-order valence-electron chi connectivity index (χ1n) is 12.0. The fourth-order valence-electron chi connectivity index (χ4n) is 4.47. The zero-order valence-electron chi connectivity index (χ0n) is 20.7. The van der Waals surface area contributed by atoms with Crippen LogP contribution in [0.5, 0.6) is 0 Å². The van der Waals surface area contributed by atoms with E-state index in [-0.39, 0.29) is 11.7 Å². The van der Waals surface area contributed by atoms with E-state index in [1.807, 2.05) is 54.8 Å². The Morgan fingerprint density at radius 1 is 0.865 bits per heavy atom. The maximum absolute atomic E-state index is 12.6. The Kier molecular flexibility index (Phi) is 5.81. The third-order valence-corrected chi connectivity index (χ3v) is 7.00. The minimum Gasteiger partial charge on any atom is -0.325 e. The Hall–Kier alpha value is -4.30. The normalized spacial score (nSPS) is 11.4. The topological polar surface area (TPSA) is 85.1 Å². The van der Waals surface area contributed by atoms with Crippen molar-refractivity contribution < 1.29 is 4.79 Å². The summed E-state index contributed by atoms with van der Waals surface area (Å²) in [5, 5.41) is 10.7. The minimum absolute atomic E-state index is 0.124. The molecule has 0 aliphatic heterocycles. The average molecular weight is 505 g/mol. The van der Waals surface area contributed by atoms with Crippen molar-refractivity contribution in [2.75, 3.05) is 11.1 Å². The number of hydrogen-bond donors (Lipinski definition) is 1. The van der Waals surface area contributed by atoms with Gasteiger partial charge in [-0.15, -0.1) is 0 Å². The first-order chi connectivity index (χ1) is 17.9. The number of fused-ring (bicyclic) bond motifs is 5. The number of aryl methyl sites for hydroxylation is 3. The van der Waals surface area contributed by atoms with E-state index in [9.17, 15) is 4.79 Å². The molecule has 37 heavy (non-hydrogen) atoms. The van der Waals surface area contributed by atoms with Crippen molar-refractivity contribution >= 4 is 50.8 Å². The van der Waals surface area contributed by atoms with Gasteiger partial charge in [0, 0.05) is 33.4 Å². The van der Waals surface area contributed by atoms with Crippen molar-refractivity contribution in [3.63, 3.8) is 0 Å². The molecule has 7 nitrogen and oxygen atoms in total. The Morgan fingerprint density at radius 2 is 1.59 bits per heavy atom. The number of benzene rings is 3. The van der Waals surface area contributed by atoms with Gasteiger partial charge in [-0.2, -0.15) is 5.10 Å². The first kappa shape index (κ1) is 23.1. The highest BCUT2D eigenvalue weighted by Crippen LogP contribution is 2.31. The van der Waals surface area contributed by atoms with E-state index in [2.05, 4.69) is 58.6 Å². The number of amides is 1. The number of nitrogens with one attached hydrogen (secondary N) is 1. The van der Waals surface area contributed by atoms with Crippen molar-refractivity contribution in [2.45, 2.75) is 25.9 Å². The lowest BCUT2D eigenvalue weighted by Gasteiger charge is -2.09. The van der Waals surface area contributed by atoms with Crippen LogP contribution in [0, 0.1) is 20.8 Å². The molecule has 0 saturated carbocycles. The molecule has 0 radical (unpaired) electrons. The summed E-state index contributed by atoms with van der Waals surface area (Å²) in [5.74, 6) is 0.0965. The molecule has 0 unspecified atom stereocenters. The van der Waals surface area contributed by atoms with E-state index in [0.29, 0.717) is 10.8 Å². The van der Waals surface area contributed by atoms with Crippen LogP contribution in [-0.2, 0) is 4.79 Å². The summed E-state index contributed by atoms with van der Waals surface area (Å²) in [4.78, 5) is 26.3. The molecule has 3 heterocycles. The van der Waals surface area contributed by atoms with Crippen LogP contribution in [0.4, 0.5) is 5.69 Å². The molecule has 0 spiro atoms. The average Bonchev–Trinajstić information content (AvgIpc) is 3.25. The Labute approximate surface area is 218 Å². The number of thioether (sulfide) groups is 1. The molecule has 0 fully saturated rings. The van der Waals surface area contributed by atoms with Gasteiger partial charge < -0.3 is 5.32 Å². The van der Waals surface area contributed by atoms with Gasteiger partial charge in [0.2, 0.25) is 5.91 Å². The van der Waals surface area contributed by atoms with Gasteiger partial charge in [0.05, 0.1) is 22.5 Å². The van der Waals surface area contributed by atoms with Gasteiger partial charge in [-0.25, -0.2) is 19.5 Å². The molecule has 6 aromatic rings. The maximum Gasteiger partial charge on any atom is 0.234 e.